The second kappa shape index (κ2) is 3.63. The average molecular weight is 183 g/mol. The van der Waals surface area contributed by atoms with E-state index in [9.17, 15) is 4.39 Å². The Labute approximate surface area is 76.4 Å². The van der Waals surface area contributed by atoms with Crippen molar-refractivity contribution in [3.63, 3.8) is 0 Å². The highest BCUT2D eigenvalue weighted by molar-refractivity contribution is 7.80. The number of hydrogen-bond donors (Lipinski definition) is 1. The second-order valence-electron chi connectivity index (χ2n) is 2.68. The standard InChI is InChI=1S/C9H10FNS/c1-6-3-2-4-8(10)7(6)5-9(11)12/h2-4H,5H2,1H3,(H2,11,12). The molecular weight excluding hydrogens is 173 g/mol. The third-order valence-corrected chi connectivity index (χ3v) is 1.85. The topological polar surface area (TPSA) is 26.0 Å². The summed E-state index contributed by atoms with van der Waals surface area (Å²) < 4.78 is 13.1. The summed E-state index contributed by atoms with van der Waals surface area (Å²) in [4.78, 5) is 0.322. The predicted molar refractivity (Wildman–Crippen MR) is 51.6 cm³/mol. The van der Waals surface area contributed by atoms with Crippen molar-refractivity contribution in [3.8, 4) is 0 Å². The van der Waals surface area contributed by atoms with Gasteiger partial charge in [0.25, 0.3) is 0 Å². The lowest BCUT2D eigenvalue weighted by molar-refractivity contribution is 0.614. The molecule has 0 spiro atoms. The summed E-state index contributed by atoms with van der Waals surface area (Å²) in [6, 6.07) is 4.94. The lowest BCUT2D eigenvalue weighted by atomic mass is 10.1. The number of rotatable bonds is 2. The highest BCUT2D eigenvalue weighted by Crippen LogP contribution is 2.12. The fraction of sp³-hybridized carbons (Fsp3) is 0.222. The Morgan fingerprint density at radius 3 is 2.75 bits per heavy atom. The van der Waals surface area contributed by atoms with Crippen molar-refractivity contribution in [1.82, 2.24) is 0 Å². The molecule has 2 N–H and O–H groups in total. The Kier molecular flexibility index (Phi) is 2.76. The van der Waals surface area contributed by atoms with Crippen LogP contribution in [0, 0.1) is 12.7 Å². The fourth-order valence-corrected chi connectivity index (χ4v) is 1.21. The van der Waals surface area contributed by atoms with Crippen molar-refractivity contribution in [2.45, 2.75) is 13.3 Å². The molecule has 0 fully saturated rings. The molecule has 64 valence electrons. The van der Waals surface area contributed by atoms with Crippen LogP contribution >= 0.6 is 12.2 Å². The molecule has 0 bridgehead atoms. The summed E-state index contributed by atoms with van der Waals surface area (Å²) in [6.45, 7) is 1.84. The summed E-state index contributed by atoms with van der Waals surface area (Å²) in [7, 11) is 0. The Morgan fingerprint density at radius 1 is 1.58 bits per heavy atom. The summed E-state index contributed by atoms with van der Waals surface area (Å²) in [5.41, 5.74) is 6.82. The van der Waals surface area contributed by atoms with Crippen LogP contribution in [0.4, 0.5) is 4.39 Å². The van der Waals surface area contributed by atoms with Gasteiger partial charge in [0, 0.05) is 6.42 Å². The number of nitrogens with two attached hydrogens (primary N) is 1. The van der Waals surface area contributed by atoms with E-state index in [1.165, 1.54) is 6.07 Å². The van der Waals surface area contributed by atoms with Crippen LogP contribution in [-0.2, 0) is 6.42 Å². The van der Waals surface area contributed by atoms with Crippen molar-refractivity contribution in [1.29, 1.82) is 0 Å². The van der Waals surface area contributed by atoms with Gasteiger partial charge in [0.1, 0.15) is 5.82 Å². The molecule has 0 amide bonds. The Hall–Kier alpha value is -0.960. The van der Waals surface area contributed by atoms with Crippen LogP contribution in [0.2, 0.25) is 0 Å². The predicted octanol–water partition coefficient (Wildman–Crippen LogP) is 1.96. The van der Waals surface area contributed by atoms with Crippen molar-refractivity contribution in [2.24, 2.45) is 5.73 Å². The Bertz CT molecular complexity index is 289. The smallest absolute Gasteiger partial charge is 0.127 e. The van der Waals surface area contributed by atoms with Crippen LogP contribution in [0.1, 0.15) is 11.1 Å². The van der Waals surface area contributed by atoms with Gasteiger partial charge in [-0.25, -0.2) is 4.39 Å². The third kappa shape index (κ3) is 2.01. The molecule has 0 saturated heterocycles. The highest BCUT2D eigenvalue weighted by atomic mass is 32.1. The monoisotopic (exact) mass is 183 g/mol. The highest BCUT2D eigenvalue weighted by Gasteiger charge is 2.05. The summed E-state index contributed by atoms with van der Waals surface area (Å²) in [6.07, 6.45) is 0.341. The van der Waals surface area contributed by atoms with Gasteiger partial charge in [0.15, 0.2) is 0 Å². The van der Waals surface area contributed by atoms with Crippen molar-refractivity contribution in [2.75, 3.05) is 0 Å². The van der Waals surface area contributed by atoms with Gasteiger partial charge in [-0.2, -0.15) is 0 Å². The van der Waals surface area contributed by atoms with Gasteiger partial charge in [-0.1, -0.05) is 24.4 Å². The van der Waals surface area contributed by atoms with E-state index in [0.717, 1.165) is 5.56 Å². The van der Waals surface area contributed by atoms with E-state index < -0.39 is 0 Å². The molecule has 0 heterocycles. The molecular formula is C9H10FNS. The van der Waals surface area contributed by atoms with E-state index in [1.54, 1.807) is 6.07 Å². The zero-order valence-corrected chi connectivity index (χ0v) is 7.62. The van der Waals surface area contributed by atoms with Crippen LogP contribution in [0.3, 0.4) is 0 Å². The molecule has 0 atom stereocenters. The van der Waals surface area contributed by atoms with Gasteiger partial charge < -0.3 is 5.73 Å². The van der Waals surface area contributed by atoms with E-state index in [-0.39, 0.29) is 5.82 Å². The molecule has 0 aliphatic rings. The second-order valence-corrected chi connectivity index (χ2v) is 3.20. The third-order valence-electron chi connectivity index (χ3n) is 1.70. The molecule has 1 nitrogen and oxygen atoms in total. The van der Waals surface area contributed by atoms with Crippen molar-refractivity contribution >= 4 is 17.2 Å². The van der Waals surface area contributed by atoms with E-state index >= 15 is 0 Å². The summed E-state index contributed by atoms with van der Waals surface area (Å²) in [5, 5.41) is 0. The summed E-state index contributed by atoms with van der Waals surface area (Å²) >= 11 is 4.71. The Morgan fingerprint density at radius 2 is 2.25 bits per heavy atom. The Balaban J connectivity index is 3.04. The van der Waals surface area contributed by atoms with Crippen LogP contribution in [0.5, 0.6) is 0 Å². The lowest BCUT2D eigenvalue weighted by Gasteiger charge is -2.04. The zero-order valence-electron chi connectivity index (χ0n) is 6.80. The number of halogens is 1. The number of benzene rings is 1. The van der Waals surface area contributed by atoms with Gasteiger partial charge >= 0.3 is 0 Å². The molecule has 0 aliphatic heterocycles. The van der Waals surface area contributed by atoms with Crippen molar-refractivity contribution < 1.29 is 4.39 Å². The SMILES string of the molecule is Cc1cccc(F)c1CC(N)=S. The zero-order chi connectivity index (χ0) is 9.14. The van der Waals surface area contributed by atoms with E-state index in [1.807, 2.05) is 13.0 Å². The number of thiocarbonyl (C=S) groups is 1. The molecule has 0 unspecified atom stereocenters. The van der Waals surface area contributed by atoms with Crippen LogP contribution in [0.25, 0.3) is 0 Å². The van der Waals surface area contributed by atoms with Gasteiger partial charge in [-0.3, -0.25) is 0 Å². The number of hydrogen-bond acceptors (Lipinski definition) is 1. The lowest BCUT2D eigenvalue weighted by Crippen LogP contribution is -2.13. The fourth-order valence-electron chi connectivity index (χ4n) is 1.06. The van der Waals surface area contributed by atoms with Crippen LogP contribution in [0.15, 0.2) is 18.2 Å². The normalized spacial score (nSPS) is 9.83. The molecule has 0 saturated carbocycles. The van der Waals surface area contributed by atoms with Crippen molar-refractivity contribution in [3.05, 3.63) is 35.1 Å². The minimum atomic E-state index is -0.234. The minimum absolute atomic E-state index is 0.234. The van der Waals surface area contributed by atoms with Gasteiger partial charge in [-0.05, 0) is 24.1 Å². The molecule has 1 aromatic rings. The molecule has 0 aromatic heterocycles. The first-order valence-corrected chi connectivity index (χ1v) is 4.04. The summed E-state index contributed by atoms with van der Waals surface area (Å²) in [5.74, 6) is -0.234. The maximum atomic E-state index is 13.1. The van der Waals surface area contributed by atoms with E-state index in [0.29, 0.717) is 17.0 Å². The minimum Gasteiger partial charge on any atom is -0.393 e. The maximum Gasteiger partial charge on any atom is 0.127 e. The van der Waals surface area contributed by atoms with Crippen LogP contribution < -0.4 is 5.73 Å². The molecule has 0 aliphatic carbocycles. The first kappa shape index (κ1) is 9.13. The number of aryl methyl sites for hydroxylation is 1. The van der Waals surface area contributed by atoms with Crippen LogP contribution in [-0.4, -0.2) is 4.99 Å². The molecule has 12 heavy (non-hydrogen) atoms. The first-order chi connectivity index (χ1) is 5.61. The largest absolute Gasteiger partial charge is 0.393 e. The quantitative estimate of drug-likeness (QED) is 0.709. The van der Waals surface area contributed by atoms with Gasteiger partial charge in [0.05, 0.1) is 4.99 Å². The van der Waals surface area contributed by atoms with E-state index in [2.05, 4.69) is 0 Å². The maximum absolute atomic E-state index is 13.1. The van der Waals surface area contributed by atoms with Gasteiger partial charge in [-0.15, -0.1) is 0 Å². The first-order valence-electron chi connectivity index (χ1n) is 3.63. The van der Waals surface area contributed by atoms with Gasteiger partial charge in [0.2, 0.25) is 0 Å². The molecule has 1 aromatic carbocycles. The van der Waals surface area contributed by atoms with E-state index in [4.69, 9.17) is 18.0 Å². The molecule has 0 radical (unpaired) electrons. The molecule has 3 heteroatoms. The molecule has 1 rings (SSSR count). The average Bonchev–Trinajstić information content (AvgIpc) is 1.97.